The van der Waals surface area contributed by atoms with Gasteiger partial charge in [-0.25, -0.2) is 0 Å². The number of likely N-dealkylation sites (N-methyl/N-ethyl adjacent to an activating group) is 1. The second kappa shape index (κ2) is 6.44. The minimum absolute atomic E-state index is 0.373. The van der Waals surface area contributed by atoms with E-state index in [1.807, 2.05) is 17.9 Å². The fourth-order valence-electron chi connectivity index (χ4n) is 3.38. The number of aryl methyl sites for hydroxylation is 1. The standard InChI is InChI=1S/C15H27N5O/c1-17(2)4-5-20-6-7-21-15-12-19(11-14(15)20)10-13-8-16-18(3)9-13/h8-9,14-15H,4-7,10-12H2,1-3H3/t14-,15+/m1/s1. The van der Waals surface area contributed by atoms with E-state index >= 15 is 0 Å². The molecule has 0 unspecified atom stereocenters. The molecule has 2 saturated heterocycles. The van der Waals surface area contributed by atoms with Crippen molar-refractivity contribution >= 4 is 0 Å². The molecule has 0 aliphatic carbocycles. The lowest BCUT2D eigenvalue weighted by Crippen LogP contribution is -2.52. The van der Waals surface area contributed by atoms with Crippen LogP contribution in [0.3, 0.4) is 0 Å². The zero-order valence-corrected chi connectivity index (χ0v) is 13.4. The number of likely N-dealkylation sites (tertiary alicyclic amines) is 1. The van der Waals surface area contributed by atoms with Gasteiger partial charge < -0.3 is 9.64 Å². The van der Waals surface area contributed by atoms with E-state index in [2.05, 4.69) is 40.1 Å². The van der Waals surface area contributed by atoms with Crippen molar-refractivity contribution in [1.29, 1.82) is 0 Å². The summed E-state index contributed by atoms with van der Waals surface area (Å²) in [6, 6.07) is 0.551. The van der Waals surface area contributed by atoms with Crippen LogP contribution in [0.25, 0.3) is 0 Å². The topological polar surface area (TPSA) is 36.8 Å². The van der Waals surface area contributed by atoms with Crippen LogP contribution in [0.15, 0.2) is 12.4 Å². The van der Waals surface area contributed by atoms with E-state index in [9.17, 15) is 0 Å². The fraction of sp³-hybridized carbons (Fsp3) is 0.800. The van der Waals surface area contributed by atoms with Crippen molar-refractivity contribution in [3.8, 4) is 0 Å². The number of rotatable bonds is 5. The number of fused-ring (bicyclic) bond motifs is 1. The van der Waals surface area contributed by atoms with Gasteiger partial charge in [0, 0.05) is 64.1 Å². The van der Waals surface area contributed by atoms with Gasteiger partial charge in [-0.05, 0) is 14.1 Å². The van der Waals surface area contributed by atoms with Gasteiger partial charge in [0.25, 0.3) is 0 Å². The molecule has 3 rings (SSSR count). The molecule has 2 aliphatic rings. The minimum Gasteiger partial charge on any atom is -0.374 e. The highest BCUT2D eigenvalue weighted by molar-refractivity contribution is 5.05. The molecular formula is C15H27N5O. The minimum atomic E-state index is 0.373. The van der Waals surface area contributed by atoms with E-state index in [1.165, 1.54) is 5.56 Å². The largest absolute Gasteiger partial charge is 0.374 e. The number of aromatic nitrogens is 2. The first-order valence-electron chi connectivity index (χ1n) is 7.82. The number of morpholine rings is 1. The SMILES string of the molecule is CN(C)CCN1CCO[C@H]2CN(Cc3cnn(C)c3)C[C@H]21. The van der Waals surface area contributed by atoms with Crippen molar-refractivity contribution in [3.05, 3.63) is 18.0 Å². The zero-order valence-electron chi connectivity index (χ0n) is 13.4. The molecule has 0 saturated carbocycles. The molecule has 0 N–H and O–H groups in total. The van der Waals surface area contributed by atoms with Crippen LogP contribution in [0.5, 0.6) is 0 Å². The molecule has 0 radical (unpaired) electrons. The smallest absolute Gasteiger partial charge is 0.0870 e. The van der Waals surface area contributed by atoms with Crippen molar-refractivity contribution in [1.82, 2.24) is 24.5 Å². The van der Waals surface area contributed by atoms with E-state index in [0.29, 0.717) is 12.1 Å². The monoisotopic (exact) mass is 293 g/mol. The van der Waals surface area contributed by atoms with Crippen LogP contribution in [0, 0.1) is 0 Å². The second-order valence-corrected chi connectivity index (χ2v) is 6.53. The molecule has 0 spiro atoms. The Bertz CT molecular complexity index is 461. The summed E-state index contributed by atoms with van der Waals surface area (Å²) in [5.41, 5.74) is 1.29. The van der Waals surface area contributed by atoms with Crippen LogP contribution in [0.1, 0.15) is 5.56 Å². The van der Waals surface area contributed by atoms with Crippen LogP contribution < -0.4 is 0 Å². The van der Waals surface area contributed by atoms with Crippen LogP contribution in [-0.4, -0.2) is 90.1 Å². The van der Waals surface area contributed by atoms with Gasteiger partial charge in [-0.1, -0.05) is 0 Å². The third-order valence-corrected chi connectivity index (χ3v) is 4.49. The van der Waals surface area contributed by atoms with Gasteiger partial charge in [0.15, 0.2) is 0 Å². The fourth-order valence-corrected chi connectivity index (χ4v) is 3.38. The Morgan fingerprint density at radius 3 is 2.95 bits per heavy atom. The first-order valence-corrected chi connectivity index (χ1v) is 7.82. The van der Waals surface area contributed by atoms with Gasteiger partial charge in [0.1, 0.15) is 0 Å². The molecular weight excluding hydrogens is 266 g/mol. The highest BCUT2D eigenvalue weighted by atomic mass is 16.5. The van der Waals surface area contributed by atoms with Crippen LogP contribution >= 0.6 is 0 Å². The van der Waals surface area contributed by atoms with Crippen molar-refractivity contribution in [2.24, 2.45) is 7.05 Å². The van der Waals surface area contributed by atoms with Crippen molar-refractivity contribution in [3.63, 3.8) is 0 Å². The highest BCUT2D eigenvalue weighted by Gasteiger charge is 2.39. The lowest BCUT2D eigenvalue weighted by atomic mass is 10.1. The van der Waals surface area contributed by atoms with Gasteiger partial charge in [0.05, 0.1) is 18.9 Å². The van der Waals surface area contributed by atoms with Gasteiger partial charge in [-0.15, -0.1) is 0 Å². The van der Waals surface area contributed by atoms with Crippen LogP contribution in [0.2, 0.25) is 0 Å². The van der Waals surface area contributed by atoms with Gasteiger partial charge >= 0.3 is 0 Å². The quantitative estimate of drug-likeness (QED) is 0.756. The Morgan fingerprint density at radius 1 is 1.38 bits per heavy atom. The number of ether oxygens (including phenoxy) is 1. The predicted molar refractivity (Wildman–Crippen MR) is 82.1 cm³/mol. The molecule has 21 heavy (non-hydrogen) atoms. The van der Waals surface area contributed by atoms with Crippen molar-refractivity contribution in [2.45, 2.75) is 18.7 Å². The van der Waals surface area contributed by atoms with Gasteiger partial charge in [-0.3, -0.25) is 14.5 Å². The lowest BCUT2D eigenvalue weighted by Gasteiger charge is -2.37. The summed E-state index contributed by atoms with van der Waals surface area (Å²) in [5.74, 6) is 0. The Labute approximate surface area is 127 Å². The van der Waals surface area contributed by atoms with Crippen molar-refractivity contribution in [2.75, 3.05) is 53.4 Å². The molecule has 118 valence electrons. The number of hydrogen-bond donors (Lipinski definition) is 0. The van der Waals surface area contributed by atoms with E-state index in [4.69, 9.17) is 4.74 Å². The average Bonchev–Trinajstić information content (AvgIpc) is 3.02. The highest BCUT2D eigenvalue weighted by Crippen LogP contribution is 2.24. The normalized spacial score (nSPS) is 27.4. The van der Waals surface area contributed by atoms with Gasteiger partial charge in [0.2, 0.25) is 0 Å². The Kier molecular flexibility index (Phi) is 4.59. The van der Waals surface area contributed by atoms with Crippen LogP contribution in [-0.2, 0) is 18.3 Å². The molecule has 0 bridgehead atoms. The third kappa shape index (κ3) is 3.63. The molecule has 2 aliphatic heterocycles. The first kappa shape index (κ1) is 15.0. The van der Waals surface area contributed by atoms with Gasteiger partial charge in [-0.2, -0.15) is 5.10 Å². The Morgan fingerprint density at radius 2 is 2.24 bits per heavy atom. The summed E-state index contributed by atoms with van der Waals surface area (Å²) < 4.78 is 7.87. The molecule has 0 amide bonds. The summed E-state index contributed by atoms with van der Waals surface area (Å²) >= 11 is 0. The predicted octanol–water partition coefficient (Wildman–Crippen LogP) is -0.133. The molecule has 0 aromatic carbocycles. The molecule has 1 aromatic heterocycles. The molecule has 3 heterocycles. The summed E-state index contributed by atoms with van der Waals surface area (Å²) in [7, 11) is 6.25. The maximum atomic E-state index is 5.99. The van der Waals surface area contributed by atoms with E-state index < -0.39 is 0 Å². The first-order chi connectivity index (χ1) is 10.1. The molecule has 2 fully saturated rings. The zero-order chi connectivity index (χ0) is 14.8. The molecule has 2 atom stereocenters. The molecule has 6 heteroatoms. The third-order valence-electron chi connectivity index (χ3n) is 4.49. The number of nitrogens with zero attached hydrogens (tertiary/aromatic N) is 5. The van der Waals surface area contributed by atoms with E-state index in [1.54, 1.807) is 0 Å². The number of hydrogen-bond acceptors (Lipinski definition) is 5. The summed E-state index contributed by atoms with van der Waals surface area (Å²) in [4.78, 5) is 7.37. The summed E-state index contributed by atoms with van der Waals surface area (Å²) in [6.45, 7) is 7.31. The van der Waals surface area contributed by atoms with Crippen LogP contribution in [0.4, 0.5) is 0 Å². The van der Waals surface area contributed by atoms with E-state index in [0.717, 1.165) is 45.9 Å². The molecule has 1 aromatic rings. The Balaban J connectivity index is 1.57. The summed E-state index contributed by atoms with van der Waals surface area (Å²) in [5, 5.41) is 4.26. The lowest BCUT2D eigenvalue weighted by molar-refractivity contribution is -0.0483. The summed E-state index contributed by atoms with van der Waals surface area (Å²) in [6.07, 6.45) is 4.44. The molecule has 6 nitrogen and oxygen atoms in total. The maximum absolute atomic E-state index is 5.99. The van der Waals surface area contributed by atoms with Crippen molar-refractivity contribution < 1.29 is 4.74 Å². The second-order valence-electron chi connectivity index (χ2n) is 6.53. The van der Waals surface area contributed by atoms with E-state index in [-0.39, 0.29) is 0 Å². The Hall–Kier alpha value is -0.950. The average molecular weight is 293 g/mol. The maximum Gasteiger partial charge on any atom is 0.0870 e.